The van der Waals surface area contributed by atoms with E-state index in [0.717, 1.165) is 6.21 Å². The first-order valence-electron chi connectivity index (χ1n) is 9.62. The molecule has 10 nitrogen and oxygen atoms in total. The predicted octanol–water partition coefficient (Wildman–Crippen LogP) is 1.89. The number of nitrogens with zero attached hydrogens (tertiary/aromatic N) is 2. The number of methoxy groups -OCH3 is 1. The van der Waals surface area contributed by atoms with Crippen LogP contribution in [0.1, 0.15) is 25.3 Å². The monoisotopic (exact) mass is 451 g/mol. The second kappa shape index (κ2) is 10.9. The Labute approximate surface area is 182 Å². The standard InChI is InChI=1S/C20H25N3O7S/c1-4-30-20(25)18-15(11-31(28)9-8-21)22-12(2)16(19(24)29-3)17(18)13-6-5-7-14(10-13)23(26)27/h5-8,10,15-18,21H,4,9,11H2,1-3H3. The first kappa shape index (κ1) is 24.3. The van der Waals surface area contributed by atoms with Gasteiger partial charge in [-0.3, -0.25) is 28.9 Å². The number of hydrogen-bond acceptors (Lipinski definition) is 9. The first-order valence-corrected chi connectivity index (χ1v) is 11.1. The molecule has 1 N–H and O–H groups in total. The number of non-ortho nitro benzene ring substituents is 1. The fourth-order valence-corrected chi connectivity index (χ4v) is 4.84. The lowest BCUT2D eigenvalue weighted by Crippen LogP contribution is -2.48. The van der Waals surface area contributed by atoms with E-state index < -0.39 is 51.5 Å². The van der Waals surface area contributed by atoms with Crippen molar-refractivity contribution in [1.82, 2.24) is 0 Å². The molecule has 1 aliphatic rings. The zero-order valence-corrected chi connectivity index (χ0v) is 18.3. The van der Waals surface area contributed by atoms with Gasteiger partial charge in [-0.25, -0.2) is 0 Å². The number of benzene rings is 1. The van der Waals surface area contributed by atoms with Crippen LogP contribution in [0.25, 0.3) is 0 Å². The van der Waals surface area contributed by atoms with Crippen LogP contribution in [-0.2, 0) is 29.9 Å². The molecule has 0 fully saturated rings. The van der Waals surface area contributed by atoms with Crippen LogP contribution in [0.15, 0.2) is 29.3 Å². The van der Waals surface area contributed by atoms with Gasteiger partial charge in [-0.1, -0.05) is 12.1 Å². The second-order valence-electron chi connectivity index (χ2n) is 6.97. The van der Waals surface area contributed by atoms with E-state index in [2.05, 4.69) is 4.99 Å². The van der Waals surface area contributed by atoms with E-state index in [1.807, 2.05) is 0 Å². The Balaban J connectivity index is 2.68. The molecule has 0 aromatic heterocycles. The first-order chi connectivity index (χ1) is 14.7. The quantitative estimate of drug-likeness (QED) is 0.261. The van der Waals surface area contributed by atoms with Crippen LogP contribution in [0, 0.1) is 27.4 Å². The lowest BCUT2D eigenvalue weighted by atomic mass is 9.70. The molecule has 0 amide bonds. The second-order valence-corrected chi connectivity index (χ2v) is 8.52. The zero-order chi connectivity index (χ0) is 23.1. The molecule has 0 bridgehead atoms. The summed E-state index contributed by atoms with van der Waals surface area (Å²) < 4.78 is 22.5. The molecule has 168 valence electrons. The summed E-state index contributed by atoms with van der Waals surface area (Å²) in [7, 11) is -0.250. The van der Waals surface area contributed by atoms with Crippen molar-refractivity contribution in [2.24, 2.45) is 16.8 Å². The Morgan fingerprint density at radius 2 is 2.06 bits per heavy atom. The van der Waals surface area contributed by atoms with Gasteiger partial charge in [-0.05, 0) is 19.4 Å². The van der Waals surface area contributed by atoms with E-state index in [1.165, 1.54) is 25.3 Å². The summed E-state index contributed by atoms with van der Waals surface area (Å²) >= 11 is 0. The van der Waals surface area contributed by atoms with Crippen LogP contribution in [0.4, 0.5) is 5.69 Å². The molecule has 1 heterocycles. The Hall–Kier alpha value is -2.95. The van der Waals surface area contributed by atoms with Crippen molar-refractivity contribution >= 4 is 40.4 Å². The lowest BCUT2D eigenvalue weighted by Gasteiger charge is -2.38. The Bertz CT molecular complexity index is 918. The molecular weight excluding hydrogens is 426 g/mol. The molecule has 0 radical (unpaired) electrons. The fraction of sp³-hybridized carbons (Fsp3) is 0.500. The van der Waals surface area contributed by atoms with E-state index in [9.17, 15) is 23.9 Å². The van der Waals surface area contributed by atoms with Crippen molar-refractivity contribution in [2.75, 3.05) is 25.2 Å². The van der Waals surface area contributed by atoms with E-state index in [0.29, 0.717) is 11.3 Å². The number of carbonyl (C=O) groups is 2. The molecule has 0 spiro atoms. The highest BCUT2D eigenvalue weighted by Crippen LogP contribution is 2.42. The summed E-state index contributed by atoms with van der Waals surface area (Å²) in [6.45, 7) is 3.33. The van der Waals surface area contributed by atoms with Gasteiger partial charge >= 0.3 is 11.9 Å². The van der Waals surface area contributed by atoms with Crippen molar-refractivity contribution in [3.05, 3.63) is 39.9 Å². The third-order valence-electron chi connectivity index (χ3n) is 5.09. The van der Waals surface area contributed by atoms with Crippen molar-refractivity contribution in [3.8, 4) is 0 Å². The van der Waals surface area contributed by atoms with Gasteiger partial charge in [0.15, 0.2) is 0 Å². The number of aliphatic imine (C=N–C) groups is 1. The van der Waals surface area contributed by atoms with E-state index in [4.69, 9.17) is 14.9 Å². The van der Waals surface area contributed by atoms with Gasteiger partial charge in [0, 0.05) is 46.5 Å². The van der Waals surface area contributed by atoms with Crippen LogP contribution in [0.5, 0.6) is 0 Å². The number of hydrogen-bond donors (Lipinski definition) is 1. The molecule has 1 aliphatic heterocycles. The lowest BCUT2D eigenvalue weighted by molar-refractivity contribution is -0.384. The molecule has 31 heavy (non-hydrogen) atoms. The van der Waals surface area contributed by atoms with Crippen molar-refractivity contribution in [3.63, 3.8) is 0 Å². The molecule has 1 aromatic rings. The van der Waals surface area contributed by atoms with Gasteiger partial charge in [-0.15, -0.1) is 0 Å². The number of rotatable bonds is 9. The summed E-state index contributed by atoms with van der Waals surface area (Å²) in [5.74, 6) is -4.12. The fourth-order valence-electron chi connectivity index (χ4n) is 3.85. The largest absolute Gasteiger partial charge is 0.468 e. The highest BCUT2D eigenvalue weighted by atomic mass is 32.2. The summed E-state index contributed by atoms with van der Waals surface area (Å²) in [4.78, 5) is 40.9. The predicted molar refractivity (Wildman–Crippen MR) is 115 cm³/mol. The summed E-state index contributed by atoms with van der Waals surface area (Å²) in [5, 5.41) is 18.5. The van der Waals surface area contributed by atoms with E-state index in [1.54, 1.807) is 19.9 Å². The topological polar surface area (TPSA) is 149 Å². The Morgan fingerprint density at radius 3 is 2.65 bits per heavy atom. The number of nitrogens with one attached hydrogen (secondary N) is 1. The van der Waals surface area contributed by atoms with Crippen LogP contribution in [0.2, 0.25) is 0 Å². The smallest absolute Gasteiger partial charge is 0.315 e. The van der Waals surface area contributed by atoms with Crippen LogP contribution < -0.4 is 0 Å². The SMILES string of the molecule is CCOC(=O)C1C(CS(=O)CC=N)N=C(C)C(C(=O)OC)C1c1cccc([N+](=O)[O-])c1. The molecule has 0 aliphatic carbocycles. The minimum Gasteiger partial charge on any atom is -0.468 e. The Morgan fingerprint density at radius 1 is 1.35 bits per heavy atom. The molecule has 0 saturated heterocycles. The number of nitro benzene ring substituents is 1. The molecule has 5 unspecified atom stereocenters. The third kappa shape index (κ3) is 5.60. The van der Waals surface area contributed by atoms with Crippen molar-refractivity contribution in [1.29, 1.82) is 5.41 Å². The summed E-state index contributed by atoms with van der Waals surface area (Å²) in [6, 6.07) is 4.93. The molecule has 1 aromatic carbocycles. The summed E-state index contributed by atoms with van der Waals surface area (Å²) in [5.41, 5.74) is 0.577. The van der Waals surface area contributed by atoms with Crippen molar-refractivity contribution < 1.29 is 28.2 Å². The van der Waals surface area contributed by atoms with Crippen LogP contribution in [-0.4, -0.2) is 64.3 Å². The van der Waals surface area contributed by atoms with E-state index in [-0.39, 0.29) is 23.8 Å². The normalized spacial score (nSPS) is 23.9. The van der Waals surface area contributed by atoms with Gasteiger partial charge in [0.25, 0.3) is 5.69 Å². The maximum Gasteiger partial charge on any atom is 0.315 e. The van der Waals surface area contributed by atoms with Crippen molar-refractivity contribution in [2.45, 2.75) is 25.8 Å². The average Bonchev–Trinajstić information content (AvgIpc) is 2.73. The number of nitro groups is 1. The molecule has 0 saturated carbocycles. The number of esters is 2. The van der Waals surface area contributed by atoms with E-state index >= 15 is 0 Å². The van der Waals surface area contributed by atoms with Gasteiger partial charge in [0.2, 0.25) is 0 Å². The van der Waals surface area contributed by atoms with Crippen LogP contribution >= 0.6 is 0 Å². The maximum atomic E-state index is 13.0. The van der Waals surface area contributed by atoms with Gasteiger partial charge in [0.1, 0.15) is 5.92 Å². The van der Waals surface area contributed by atoms with Gasteiger partial charge < -0.3 is 14.9 Å². The number of ether oxygens (including phenoxy) is 2. The third-order valence-corrected chi connectivity index (χ3v) is 6.34. The van der Waals surface area contributed by atoms with Gasteiger partial charge in [-0.2, -0.15) is 0 Å². The van der Waals surface area contributed by atoms with Gasteiger partial charge in [0.05, 0.1) is 36.4 Å². The highest BCUT2D eigenvalue weighted by molar-refractivity contribution is 7.85. The maximum absolute atomic E-state index is 13.0. The van der Waals surface area contributed by atoms with Crippen LogP contribution in [0.3, 0.4) is 0 Å². The summed E-state index contributed by atoms with van der Waals surface area (Å²) in [6.07, 6.45) is 1.02. The molecule has 5 atom stereocenters. The minimum atomic E-state index is -1.46. The molecule has 11 heteroatoms. The number of carbonyl (C=O) groups excluding carboxylic acids is 2. The average molecular weight is 452 g/mol. The molecular formula is C20H25N3O7S. The Kier molecular flexibility index (Phi) is 8.55. The molecule has 2 rings (SSSR count). The highest BCUT2D eigenvalue weighted by Gasteiger charge is 2.49. The minimum absolute atomic E-state index is 0.00250. The zero-order valence-electron chi connectivity index (χ0n) is 17.5.